The SMILES string of the molecule is COc1ccc([N+](=O)[O-])cc1NC(C)c1ccc(Br)s1. The number of nitrogens with zero attached hydrogens (tertiary/aromatic N) is 1. The molecule has 7 heteroatoms. The molecular formula is C13H13BrN2O3S. The normalized spacial score (nSPS) is 11.9. The van der Waals surface area contributed by atoms with Crippen molar-refractivity contribution in [2.75, 3.05) is 12.4 Å². The monoisotopic (exact) mass is 356 g/mol. The highest BCUT2D eigenvalue weighted by Crippen LogP contribution is 2.34. The molecule has 0 fully saturated rings. The van der Waals surface area contributed by atoms with Crippen molar-refractivity contribution in [3.63, 3.8) is 0 Å². The molecule has 2 aromatic rings. The maximum absolute atomic E-state index is 10.8. The molecule has 0 bridgehead atoms. The van der Waals surface area contributed by atoms with Crippen molar-refractivity contribution in [1.29, 1.82) is 0 Å². The van der Waals surface area contributed by atoms with Gasteiger partial charge in [-0.05, 0) is 41.1 Å². The molecule has 1 aromatic heterocycles. The van der Waals surface area contributed by atoms with E-state index in [-0.39, 0.29) is 11.7 Å². The lowest BCUT2D eigenvalue weighted by Gasteiger charge is -2.16. The molecule has 0 aliphatic heterocycles. The molecule has 0 aliphatic carbocycles. The van der Waals surface area contributed by atoms with Gasteiger partial charge in [0.05, 0.1) is 27.5 Å². The summed E-state index contributed by atoms with van der Waals surface area (Å²) in [6, 6.07) is 8.52. The van der Waals surface area contributed by atoms with Gasteiger partial charge in [-0.3, -0.25) is 10.1 Å². The molecule has 1 aromatic carbocycles. The first-order valence-corrected chi connectivity index (χ1v) is 7.46. The molecule has 1 heterocycles. The topological polar surface area (TPSA) is 64.4 Å². The molecule has 0 aliphatic rings. The van der Waals surface area contributed by atoms with Gasteiger partial charge in [0.25, 0.3) is 5.69 Å². The molecule has 0 amide bonds. The average Bonchev–Trinajstić information content (AvgIpc) is 2.85. The Labute approximate surface area is 128 Å². The van der Waals surface area contributed by atoms with Crippen molar-refractivity contribution in [1.82, 2.24) is 0 Å². The zero-order valence-corrected chi connectivity index (χ0v) is 13.3. The third-order valence-corrected chi connectivity index (χ3v) is 4.59. The largest absolute Gasteiger partial charge is 0.495 e. The second kappa shape index (κ2) is 6.23. The van der Waals surface area contributed by atoms with E-state index in [2.05, 4.69) is 21.2 Å². The number of hydrogen-bond donors (Lipinski definition) is 1. The number of hydrogen-bond acceptors (Lipinski definition) is 5. The molecule has 1 unspecified atom stereocenters. The lowest BCUT2D eigenvalue weighted by atomic mass is 10.2. The van der Waals surface area contributed by atoms with E-state index in [1.807, 2.05) is 19.1 Å². The molecule has 0 spiro atoms. The number of nitrogens with one attached hydrogen (secondary N) is 1. The van der Waals surface area contributed by atoms with Crippen molar-refractivity contribution in [3.05, 3.63) is 49.1 Å². The Morgan fingerprint density at radius 1 is 1.40 bits per heavy atom. The molecule has 2 rings (SSSR count). The Bertz CT molecular complexity index is 630. The van der Waals surface area contributed by atoms with Crippen molar-refractivity contribution >= 4 is 38.6 Å². The Kier molecular flexibility index (Phi) is 4.61. The van der Waals surface area contributed by atoms with Crippen LogP contribution in [0.15, 0.2) is 34.1 Å². The van der Waals surface area contributed by atoms with Crippen molar-refractivity contribution in [2.24, 2.45) is 0 Å². The van der Waals surface area contributed by atoms with Gasteiger partial charge in [0.15, 0.2) is 0 Å². The van der Waals surface area contributed by atoms with Crippen LogP contribution in [0.3, 0.4) is 0 Å². The van der Waals surface area contributed by atoms with E-state index >= 15 is 0 Å². The van der Waals surface area contributed by atoms with Crippen LogP contribution in [-0.2, 0) is 0 Å². The summed E-state index contributed by atoms with van der Waals surface area (Å²) in [5.41, 5.74) is 0.645. The molecule has 5 nitrogen and oxygen atoms in total. The summed E-state index contributed by atoms with van der Waals surface area (Å²) in [6.45, 7) is 2.00. The first-order valence-electron chi connectivity index (χ1n) is 5.85. The van der Waals surface area contributed by atoms with E-state index in [1.54, 1.807) is 24.5 Å². The Hall–Kier alpha value is -1.60. The molecule has 1 atom stereocenters. The first kappa shape index (κ1) is 14.8. The highest BCUT2D eigenvalue weighted by atomic mass is 79.9. The molecular weight excluding hydrogens is 344 g/mol. The predicted octanol–water partition coefficient (Wildman–Crippen LogP) is 4.60. The van der Waals surface area contributed by atoms with Gasteiger partial charge >= 0.3 is 0 Å². The summed E-state index contributed by atoms with van der Waals surface area (Å²) in [5, 5.41) is 14.1. The van der Waals surface area contributed by atoms with E-state index in [0.717, 1.165) is 8.66 Å². The van der Waals surface area contributed by atoms with Gasteiger partial charge in [0, 0.05) is 17.0 Å². The van der Waals surface area contributed by atoms with E-state index in [4.69, 9.17) is 4.74 Å². The summed E-state index contributed by atoms with van der Waals surface area (Å²) >= 11 is 5.04. The molecule has 106 valence electrons. The van der Waals surface area contributed by atoms with Crippen LogP contribution in [0, 0.1) is 10.1 Å². The highest BCUT2D eigenvalue weighted by molar-refractivity contribution is 9.11. The van der Waals surface area contributed by atoms with Crippen molar-refractivity contribution < 1.29 is 9.66 Å². The second-order valence-corrected chi connectivity index (χ2v) is 6.64. The molecule has 0 saturated heterocycles. The fraction of sp³-hybridized carbons (Fsp3) is 0.231. The maximum atomic E-state index is 10.8. The molecule has 0 radical (unpaired) electrons. The zero-order valence-electron chi connectivity index (χ0n) is 10.9. The average molecular weight is 357 g/mol. The van der Waals surface area contributed by atoms with Gasteiger partial charge in [-0.2, -0.15) is 0 Å². The Morgan fingerprint density at radius 2 is 2.15 bits per heavy atom. The Morgan fingerprint density at radius 3 is 2.70 bits per heavy atom. The molecule has 1 N–H and O–H groups in total. The van der Waals surface area contributed by atoms with Gasteiger partial charge in [-0.25, -0.2) is 0 Å². The van der Waals surface area contributed by atoms with Crippen LogP contribution in [0.2, 0.25) is 0 Å². The fourth-order valence-electron chi connectivity index (χ4n) is 1.79. The summed E-state index contributed by atoms with van der Waals surface area (Å²) < 4.78 is 6.28. The third kappa shape index (κ3) is 3.29. The van der Waals surface area contributed by atoms with E-state index in [9.17, 15) is 10.1 Å². The standard InChI is InChI=1S/C13H13BrN2O3S/c1-8(12-5-6-13(14)20-12)15-10-7-9(16(17)18)3-4-11(10)19-2/h3-8,15H,1-2H3. The van der Waals surface area contributed by atoms with Gasteiger partial charge in [0.1, 0.15) is 5.75 Å². The van der Waals surface area contributed by atoms with E-state index < -0.39 is 4.92 Å². The minimum absolute atomic E-state index is 0.0298. The van der Waals surface area contributed by atoms with Crippen LogP contribution in [0.25, 0.3) is 0 Å². The van der Waals surface area contributed by atoms with Gasteiger partial charge in [-0.15, -0.1) is 11.3 Å². The Balaban J connectivity index is 2.27. The van der Waals surface area contributed by atoms with Gasteiger partial charge in [-0.1, -0.05) is 0 Å². The van der Waals surface area contributed by atoms with E-state index in [1.165, 1.54) is 12.1 Å². The van der Waals surface area contributed by atoms with Crippen LogP contribution >= 0.6 is 27.3 Å². The number of nitro groups is 1. The number of non-ortho nitro benzene ring substituents is 1. The lowest BCUT2D eigenvalue weighted by molar-refractivity contribution is -0.384. The number of ether oxygens (including phenoxy) is 1. The van der Waals surface area contributed by atoms with Gasteiger partial charge in [0.2, 0.25) is 0 Å². The minimum Gasteiger partial charge on any atom is -0.495 e. The van der Waals surface area contributed by atoms with E-state index in [0.29, 0.717) is 11.4 Å². The minimum atomic E-state index is -0.420. The molecule has 20 heavy (non-hydrogen) atoms. The third-order valence-electron chi connectivity index (χ3n) is 2.79. The summed E-state index contributed by atoms with van der Waals surface area (Å²) in [6.07, 6.45) is 0. The first-order chi connectivity index (χ1) is 9.51. The summed E-state index contributed by atoms with van der Waals surface area (Å²) in [5.74, 6) is 0.582. The predicted molar refractivity (Wildman–Crippen MR) is 83.7 cm³/mol. The fourth-order valence-corrected chi connectivity index (χ4v) is 3.21. The highest BCUT2D eigenvalue weighted by Gasteiger charge is 2.15. The lowest BCUT2D eigenvalue weighted by Crippen LogP contribution is -2.06. The number of methoxy groups -OCH3 is 1. The summed E-state index contributed by atoms with van der Waals surface area (Å²) in [4.78, 5) is 11.6. The van der Waals surface area contributed by atoms with Crippen LogP contribution in [0.4, 0.5) is 11.4 Å². The quantitative estimate of drug-likeness (QED) is 0.627. The number of anilines is 1. The number of rotatable bonds is 5. The second-order valence-electron chi connectivity index (χ2n) is 4.15. The maximum Gasteiger partial charge on any atom is 0.271 e. The number of halogens is 1. The zero-order chi connectivity index (χ0) is 14.7. The smallest absolute Gasteiger partial charge is 0.271 e. The number of nitro benzene ring substituents is 1. The summed E-state index contributed by atoms with van der Waals surface area (Å²) in [7, 11) is 1.54. The van der Waals surface area contributed by atoms with Crippen LogP contribution in [0.1, 0.15) is 17.8 Å². The molecule has 0 saturated carbocycles. The van der Waals surface area contributed by atoms with Gasteiger partial charge < -0.3 is 10.1 Å². The van der Waals surface area contributed by atoms with Crippen molar-refractivity contribution in [2.45, 2.75) is 13.0 Å². The van der Waals surface area contributed by atoms with Crippen molar-refractivity contribution in [3.8, 4) is 5.75 Å². The van der Waals surface area contributed by atoms with Crippen LogP contribution in [0.5, 0.6) is 5.75 Å². The van der Waals surface area contributed by atoms with Crippen LogP contribution < -0.4 is 10.1 Å². The number of thiophene rings is 1. The van der Waals surface area contributed by atoms with Crippen LogP contribution in [-0.4, -0.2) is 12.0 Å². The number of benzene rings is 1.